The van der Waals surface area contributed by atoms with E-state index in [2.05, 4.69) is 99.0 Å². The highest BCUT2D eigenvalue weighted by atomic mass is 35.5. The molecule has 0 spiro atoms. The van der Waals surface area contributed by atoms with E-state index in [0.717, 1.165) is 44.5 Å². The Hall–Kier alpha value is -6.35. The molecular formula is C65H75Cl3N8O4. The third kappa shape index (κ3) is 17.8. The van der Waals surface area contributed by atoms with Crippen LogP contribution >= 0.6 is 34.8 Å². The zero-order valence-electron chi connectivity index (χ0n) is 45.4. The van der Waals surface area contributed by atoms with Gasteiger partial charge in [-0.1, -0.05) is 175 Å². The van der Waals surface area contributed by atoms with Crippen LogP contribution in [0.25, 0.3) is 6.08 Å². The lowest BCUT2D eigenvalue weighted by atomic mass is 9.90. The van der Waals surface area contributed by atoms with Gasteiger partial charge in [-0.15, -0.1) is 0 Å². The number of halogens is 3. The molecule has 80 heavy (non-hydrogen) atoms. The van der Waals surface area contributed by atoms with Crippen LogP contribution in [0.1, 0.15) is 95.0 Å². The van der Waals surface area contributed by atoms with Crippen LogP contribution in [-0.4, -0.2) is 128 Å². The Balaban J connectivity index is 0.000000211. The molecule has 3 saturated heterocycles. The van der Waals surface area contributed by atoms with E-state index in [9.17, 15) is 19.2 Å². The Labute approximate surface area is 487 Å². The first-order valence-electron chi connectivity index (χ1n) is 28.2. The first kappa shape index (κ1) is 59.8. The van der Waals surface area contributed by atoms with Crippen LogP contribution in [0.2, 0.25) is 15.1 Å². The highest BCUT2D eigenvalue weighted by Gasteiger charge is 2.35. The van der Waals surface area contributed by atoms with Crippen molar-refractivity contribution in [2.75, 3.05) is 65.4 Å². The molecule has 0 radical (unpaired) electrons. The number of likely N-dealkylation sites (tertiary alicyclic amines) is 1. The van der Waals surface area contributed by atoms with Gasteiger partial charge in [0.05, 0.1) is 22.1 Å². The smallest absolute Gasteiger partial charge is 0.251 e. The second-order valence-corrected chi connectivity index (χ2v) is 22.2. The van der Waals surface area contributed by atoms with Crippen LogP contribution in [0.4, 0.5) is 0 Å². The summed E-state index contributed by atoms with van der Waals surface area (Å²) in [5, 5.41) is 14.5. The molecule has 4 atom stereocenters. The van der Waals surface area contributed by atoms with Crippen LogP contribution < -0.4 is 27.0 Å². The van der Waals surface area contributed by atoms with Crippen molar-refractivity contribution in [3.8, 4) is 0 Å². The van der Waals surface area contributed by atoms with Crippen molar-refractivity contribution >= 4 is 64.5 Å². The number of carbonyl (C=O) groups excluding carboxylic acids is 4. The number of nitrogens with two attached hydrogens (primary N) is 1. The first-order valence-corrected chi connectivity index (χ1v) is 29.3. The van der Waals surface area contributed by atoms with Crippen LogP contribution in [-0.2, 0) is 14.4 Å². The third-order valence-corrected chi connectivity index (χ3v) is 16.3. The minimum Gasteiger partial charge on any atom is -0.351 e. The second-order valence-electron chi connectivity index (χ2n) is 21.0. The van der Waals surface area contributed by atoms with Crippen molar-refractivity contribution < 1.29 is 19.2 Å². The maximum atomic E-state index is 14.1. The van der Waals surface area contributed by atoms with E-state index < -0.39 is 0 Å². The first-order chi connectivity index (χ1) is 39.0. The summed E-state index contributed by atoms with van der Waals surface area (Å²) >= 11 is 18.1. The van der Waals surface area contributed by atoms with E-state index in [4.69, 9.17) is 40.5 Å². The number of hydrogen-bond acceptors (Lipinski definition) is 8. The SMILES string of the molecule is NCC[C@@H]1N[C@H](CNC(=O)/C=C/c2ccc(Cl)cc2)CCN(CC(c2ccccc2)c2ccccc2)C1=O.O=C(NC[C@@H]1CCN(CC(c2ccccc2)c2ccccc2)C(=O)[C@H](CCN2CCCCC2)N1)c1ccc(Cl)c(Cl)c1. The van der Waals surface area contributed by atoms with Crippen LogP contribution in [0.3, 0.4) is 0 Å². The average Bonchev–Trinajstić information content (AvgIpc) is 3.76. The minimum absolute atomic E-state index is 0.0380. The Morgan fingerprint density at radius 2 is 1.05 bits per heavy atom. The molecule has 3 aliphatic heterocycles. The van der Waals surface area contributed by atoms with Gasteiger partial charge in [0, 0.05) is 86.4 Å². The number of amides is 4. The van der Waals surface area contributed by atoms with Gasteiger partial charge < -0.3 is 41.7 Å². The number of nitrogens with one attached hydrogen (secondary N) is 4. The summed E-state index contributed by atoms with van der Waals surface area (Å²) in [7, 11) is 0. The molecule has 9 rings (SSSR count). The fraction of sp³-hybridized carbons (Fsp3) is 0.354. The molecule has 0 unspecified atom stereocenters. The summed E-state index contributed by atoms with van der Waals surface area (Å²) in [5.74, 6) is -0.0521. The number of benzene rings is 6. The predicted octanol–water partition coefficient (Wildman–Crippen LogP) is 10.2. The van der Waals surface area contributed by atoms with Gasteiger partial charge in [-0.2, -0.15) is 0 Å². The number of rotatable bonds is 20. The molecule has 420 valence electrons. The topological polar surface area (TPSA) is 152 Å². The molecule has 3 aliphatic rings. The highest BCUT2D eigenvalue weighted by molar-refractivity contribution is 6.42. The molecule has 0 saturated carbocycles. The Morgan fingerprint density at radius 1 is 0.575 bits per heavy atom. The Kier molecular flexibility index (Phi) is 23.2. The van der Waals surface area contributed by atoms with Gasteiger partial charge in [-0.3, -0.25) is 19.2 Å². The highest BCUT2D eigenvalue weighted by Crippen LogP contribution is 2.29. The van der Waals surface area contributed by atoms with Gasteiger partial charge in [0.15, 0.2) is 0 Å². The molecule has 15 heteroatoms. The predicted molar refractivity (Wildman–Crippen MR) is 324 cm³/mol. The molecule has 12 nitrogen and oxygen atoms in total. The number of carbonyl (C=O) groups is 4. The van der Waals surface area contributed by atoms with E-state index in [1.54, 1.807) is 36.4 Å². The van der Waals surface area contributed by atoms with Gasteiger partial charge in [0.1, 0.15) is 0 Å². The van der Waals surface area contributed by atoms with Crippen molar-refractivity contribution in [1.82, 2.24) is 36.0 Å². The standard InChI is InChI=1S/C34H40Cl2N4O2.C31H35ClN4O2/c35-30-15-14-27(22-31(30)36)33(41)37-23-28-16-21-40(34(42)32(38-28)17-20-39-18-8-3-9-19-39)24-29(25-10-4-1-5-11-25)26-12-6-2-7-13-26;32-26-14-11-23(12-15-26)13-16-30(37)34-21-27-18-20-36(31(38)29(35-27)17-19-33)22-28(24-7-3-1-4-8-24)25-9-5-2-6-10-25/h1-2,4-7,10-15,22,28-29,32,38H,3,8-9,16-21,23-24H2,(H,37,41);1-16,27-29,35H,17-22,33H2,(H,34,37)/b;16-13+/t28-,32-;27-,29-/m00/s1. The van der Waals surface area contributed by atoms with E-state index in [0.29, 0.717) is 72.9 Å². The number of piperidine rings is 1. The Morgan fingerprint density at radius 3 is 1.52 bits per heavy atom. The van der Waals surface area contributed by atoms with Crippen molar-refractivity contribution in [3.05, 3.63) is 218 Å². The van der Waals surface area contributed by atoms with Crippen molar-refractivity contribution in [3.63, 3.8) is 0 Å². The van der Waals surface area contributed by atoms with E-state index in [-0.39, 0.29) is 59.6 Å². The van der Waals surface area contributed by atoms with Crippen LogP contribution in [0, 0.1) is 0 Å². The minimum atomic E-state index is -0.388. The summed E-state index contributed by atoms with van der Waals surface area (Å²) in [6.07, 6.45) is 9.74. The molecule has 6 aromatic carbocycles. The summed E-state index contributed by atoms with van der Waals surface area (Å²) in [5.41, 5.74) is 12.0. The molecular weight excluding hydrogens is 1060 g/mol. The number of nitrogens with zero attached hydrogens (tertiary/aromatic N) is 3. The second kappa shape index (κ2) is 31.0. The molecule has 6 N–H and O–H groups in total. The molecule has 3 heterocycles. The third-order valence-electron chi connectivity index (χ3n) is 15.4. The maximum absolute atomic E-state index is 14.1. The van der Waals surface area contributed by atoms with Gasteiger partial charge >= 0.3 is 0 Å². The van der Waals surface area contributed by atoms with Crippen LogP contribution in [0.5, 0.6) is 0 Å². The molecule has 4 amide bonds. The van der Waals surface area contributed by atoms with E-state index in [1.807, 2.05) is 70.5 Å². The monoisotopic (exact) mass is 1140 g/mol. The van der Waals surface area contributed by atoms with Gasteiger partial charge in [0.2, 0.25) is 17.7 Å². The lowest BCUT2D eigenvalue weighted by Gasteiger charge is -2.31. The summed E-state index contributed by atoms with van der Waals surface area (Å²) in [4.78, 5) is 59.6. The molecule has 0 bridgehead atoms. The molecule has 0 aromatic heterocycles. The molecule has 3 fully saturated rings. The van der Waals surface area contributed by atoms with Gasteiger partial charge in [-0.25, -0.2) is 0 Å². The maximum Gasteiger partial charge on any atom is 0.251 e. The van der Waals surface area contributed by atoms with E-state index in [1.165, 1.54) is 47.6 Å². The molecule has 0 aliphatic carbocycles. The largest absolute Gasteiger partial charge is 0.351 e. The van der Waals surface area contributed by atoms with Crippen molar-refractivity contribution in [2.24, 2.45) is 5.73 Å². The molecule has 6 aromatic rings. The lowest BCUT2D eigenvalue weighted by Crippen LogP contribution is -2.50. The van der Waals surface area contributed by atoms with Crippen LogP contribution in [0.15, 0.2) is 170 Å². The zero-order chi connectivity index (χ0) is 56.1. The van der Waals surface area contributed by atoms with E-state index >= 15 is 0 Å². The fourth-order valence-electron chi connectivity index (χ4n) is 10.9. The zero-order valence-corrected chi connectivity index (χ0v) is 47.7. The summed E-state index contributed by atoms with van der Waals surface area (Å²) < 4.78 is 0. The summed E-state index contributed by atoms with van der Waals surface area (Å²) in [6.45, 7) is 6.74. The average molecular weight is 1140 g/mol. The summed E-state index contributed by atoms with van der Waals surface area (Å²) in [6, 6.07) is 52.9. The van der Waals surface area contributed by atoms with Crippen molar-refractivity contribution in [1.29, 1.82) is 0 Å². The fourth-order valence-corrected chi connectivity index (χ4v) is 11.3. The number of hydrogen-bond donors (Lipinski definition) is 5. The normalized spacial score (nSPS) is 19.1. The lowest BCUT2D eigenvalue weighted by molar-refractivity contribution is -0.133. The Bertz CT molecular complexity index is 2840. The van der Waals surface area contributed by atoms with Crippen molar-refractivity contribution in [2.45, 2.75) is 80.9 Å². The van der Waals surface area contributed by atoms with Gasteiger partial charge in [0.25, 0.3) is 5.91 Å². The quantitative estimate of drug-likeness (QED) is 0.0474. The van der Waals surface area contributed by atoms with Gasteiger partial charge in [-0.05, 0) is 122 Å².